The van der Waals surface area contributed by atoms with Crippen molar-refractivity contribution >= 4 is 39.1 Å². The molecule has 2 N–H and O–H groups in total. The van der Waals surface area contributed by atoms with E-state index in [9.17, 15) is 22.8 Å². The first-order valence-corrected chi connectivity index (χ1v) is 9.45. The molecule has 2 heterocycles. The molecule has 0 saturated carbocycles. The van der Waals surface area contributed by atoms with Crippen molar-refractivity contribution in [3.05, 3.63) is 58.1 Å². The first kappa shape index (κ1) is 21.6. The first-order valence-electron chi connectivity index (χ1n) is 8.66. The second kappa shape index (κ2) is 8.30. The van der Waals surface area contributed by atoms with E-state index in [1.807, 2.05) is 6.92 Å². The summed E-state index contributed by atoms with van der Waals surface area (Å²) in [5.41, 5.74) is -0.457. The molecule has 0 aliphatic heterocycles. The maximum atomic E-state index is 13.1. The Morgan fingerprint density at radius 3 is 2.33 bits per heavy atom. The van der Waals surface area contributed by atoms with Gasteiger partial charge in [-0.15, -0.1) is 0 Å². The van der Waals surface area contributed by atoms with Crippen LogP contribution < -0.4 is 10.6 Å². The van der Waals surface area contributed by atoms with E-state index in [0.29, 0.717) is 22.6 Å². The van der Waals surface area contributed by atoms with E-state index in [1.165, 1.54) is 23.0 Å². The molecule has 1 aromatic carbocycles. The highest BCUT2D eigenvalue weighted by molar-refractivity contribution is 9.10. The Labute approximate surface area is 177 Å². The summed E-state index contributed by atoms with van der Waals surface area (Å²) in [5, 5.41) is 12.9. The van der Waals surface area contributed by atoms with Crippen molar-refractivity contribution in [1.82, 2.24) is 19.6 Å². The predicted molar refractivity (Wildman–Crippen MR) is 106 cm³/mol. The van der Waals surface area contributed by atoms with Crippen LogP contribution in [0.3, 0.4) is 0 Å². The number of rotatable bonds is 5. The summed E-state index contributed by atoms with van der Waals surface area (Å²) >= 11 is 2.81. The average molecular weight is 485 g/mol. The van der Waals surface area contributed by atoms with Crippen LogP contribution in [-0.2, 0) is 19.8 Å². The normalized spacial score (nSPS) is 11.4. The SMILES string of the molecule is CCn1nccc1C(=O)Nc1cccc(NC(=O)c2nn(C)c(C(F)(F)F)c2Br)c1. The number of benzene rings is 1. The lowest BCUT2D eigenvalue weighted by Crippen LogP contribution is -2.18. The van der Waals surface area contributed by atoms with Crippen molar-refractivity contribution in [3.8, 4) is 0 Å². The molecule has 3 aromatic rings. The van der Waals surface area contributed by atoms with Crippen LogP contribution in [0.4, 0.5) is 24.5 Å². The topological polar surface area (TPSA) is 93.8 Å². The van der Waals surface area contributed by atoms with Gasteiger partial charge in [0.2, 0.25) is 0 Å². The molecule has 3 rings (SSSR count). The lowest BCUT2D eigenvalue weighted by Gasteiger charge is -2.09. The van der Waals surface area contributed by atoms with E-state index in [-0.39, 0.29) is 11.6 Å². The van der Waals surface area contributed by atoms with Crippen molar-refractivity contribution in [3.63, 3.8) is 0 Å². The van der Waals surface area contributed by atoms with Crippen LogP contribution in [0.1, 0.15) is 33.6 Å². The van der Waals surface area contributed by atoms with E-state index >= 15 is 0 Å². The summed E-state index contributed by atoms with van der Waals surface area (Å²) in [4.78, 5) is 24.9. The number of carbonyl (C=O) groups is 2. The minimum atomic E-state index is -4.67. The third kappa shape index (κ3) is 4.37. The van der Waals surface area contributed by atoms with Gasteiger partial charge < -0.3 is 10.6 Å². The smallest absolute Gasteiger partial charge is 0.321 e. The van der Waals surface area contributed by atoms with Gasteiger partial charge in [-0.05, 0) is 47.1 Å². The van der Waals surface area contributed by atoms with Crippen molar-refractivity contribution in [1.29, 1.82) is 0 Å². The molecule has 0 unspecified atom stereocenters. The zero-order valence-electron chi connectivity index (χ0n) is 15.8. The molecule has 30 heavy (non-hydrogen) atoms. The Kier molecular flexibility index (Phi) is 5.97. The number of amides is 2. The highest BCUT2D eigenvalue weighted by Crippen LogP contribution is 2.36. The van der Waals surface area contributed by atoms with Crippen LogP contribution in [0.2, 0.25) is 0 Å². The number of halogens is 4. The highest BCUT2D eigenvalue weighted by atomic mass is 79.9. The van der Waals surface area contributed by atoms with Crippen LogP contribution in [0.15, 0.2) is 41.0 Å². The van der Waals surface area contributed by atoms with Gasteiger partial charge in [-0.2, -0.15) is 23.4 Å². The van der Waals surface area contributed by atoms with E-state index in [1.54, 1.807) is 18.2 Å². The minimum Gasteiger partial charge on any atom is -0.321 e. The maximum Gasteiger partial charge on any atom is 0.434 e. The molecule has 0 aliphatic rings. The van der Waals surface area contributed by atoms with Crippen molar-refractivity contribution in [2.24, 2.45) is 7.05 Å². The molecule has 0 spiro atoms. The summed E-state index contributed by atoms with van der Waals surface area (Å²) in [7, 11) is 1.10. The van der Waals surface area contributed by atoms with Gasteiger partial charge in [-0.3, -0.25) is 19.0 Å². The molecular formula is C18H16BrF3N6O2. The Bertz CT molecular complexity index is 1110. The fourth-order valence-corrected chi connectivity index (χ4v) is 3.53. The second-order valence-electron chi connectivity index (χ2n) is 6.15. The van der Waals surface area contributed by atoms with Gasteiger partial charge in [0, 0.05) is 31.2 Å². The summed E-state index contributed by atoms with van der Waals surface area (Å²) in [6, 6.07) is 7.77. The summed E-state index contributed by atoms with van der Waals surface area (Å²) in [6.45, 7) is 2.37. The molecule has 0 aliphatic carbocycles. The number of anilines is 2. The predicted octanol–water partition coefficient (Wildman–Crippen LogP) is 3.92. The molecule has 0 fully saturated rings. The zero-order valence-corrected chi connectivity index (χ0v) is 17.4. The quantitative estimate of drug-likeness (QED) is 0.573. The molecule has 0 saturated heterocycles. The van der Waals surface area contributed by atoms with Crippen molar-refractivity contribution in [2.75, 3.05) is 10.6 Å². The van der Waals surface area contributed by atoms with E-state index in [2.05, 4.69) is 36.8 Å². The number of nitrogens with one attached hydrogen (secondary N) is 2. The number of aryl methyl sites for hydroxylation is 2. The van der Waals surface area contributed by atoms with E-state index in [0.717, 1.165) is 7.05 Å². The number of hydrogen-bond donors (Lipinski definition) is 2. The number of hydrogen-bond acceptors (Lipinski definition) is 4. The third-order valence-electron chi connectivity index (χ3n) is 4.10. The molecule has 0 radical (unpaired) electrons. The molecular weight excluding hydrogens is 469 g/mol. The first-order chi connectivity index (χ1) is 14.1. The monoisotopic (exact) mass is 484 g/mol. The minimum absolute atomic E-state index is 0.271. The molecule has 0 atom stereocenters. The number of aromatic nitrogens is 4. The van der Waals surface area contributed by atoms with Crippen LogP contribution >= 0.6 is 15.9 Å². The molecule has 158 valence electrons. The van der Waals surface area contributed by atoms with Crippen LogP contribution in [0, 0.1) is 0 Å². The van der Waals surface area contributed by atoms with Gasteiger partial charge in [-0.25, -0.2) is 0 Å². The standard InChI is InChI=1S/C18H16BrF3N6O2/c1-3-28-12(7-8-23-28)16(29)24-10-5-4-6-11(9-10)25-17(30)14-13(19)15(18(20,21)22)27(2)26-14/h4-9H,3H2,1-2H3,(H,24,29)(H,25,30). The number of carbonyl (C=O) groups excluding carboxylic acids is 2. The lowest BCUT2D eigenvalue weighted by atomic mass is 10.2. The average Bonchev–Trinajstić information content (AvgIpc) is 3.25. The van der Waals surface area contributed by atoms with Gasteiger partial charge in [-0.1, -0.05) is 6.07 Å². The largest absolute Gasteiger partial charge is 0.434 e. The van der Waals surface area contributed by atoms with Gasteiger partial charge >= 0.3 is 6.18 Å². The van der Waals surface area contributed by atoms with Gasteiger partial charge in [0.25, 0.3) is 11.8 Å². The lowest BCUT2D eigenvalue weighted by molar-refractivity contribution is -0.144. The Balaban J connectivity index is 1.77. The second-order valence-corrected chi connectivity index (χ2v) is 6.95. The molecule has 12 heteroatoms. The van der Waals surface area contributed by atoms with Crippen molar-refractivity contribution < 1.29 is 22.8 Å². The maximum absolute atomic E-state index is 13.1. The molecule has 0 bridgehead atoms. The highest BCUT2D eigenvalue weighted by Gasteiger charge is 2.39. The molecule has 2 amide bonds. The number of alkyl halides is 3. The van der Waals surface area contributed by atoms with Crippen LogP contribution in [0.5, 0.6) is 0 Å². The Morgan fingerprint density at radius 1 is 1.13 bits per heavy atom. The molecule has 2 aromatic heterocycles. The van der Waals surface area contributed by atoms with Gasteiger partial charge in [0.05, 0.1) is 4.47 Å². The number of nitrogens with zero attached hydrogens (tertiary/aromatic N) is 4. The molecule has 8 nitrogen and oxygen atoms in total. The van der Waals surface area contributed by atoms with Crippen LogP contribution in [-0.4, -0.2) is 31.4 Å². The zero-order chi connectivity index (χ0) is 22.1. The summed E-state index contributed by atoms with van der Waals surface area (Å²) in [5.74, 6) is -1.22. The Hall–Kier alpha value is -3.15. The van der Waals surface area contributed by atoms with E-state index < -0.39 is 27.9 Å². The van der Waals surface area contributed by atoms with Gasteiger partial charge in [0.1, 0.15) is 5.69 Å². The third-order valence-corrected chi connectivity index (χ3v) is 4.85. The van der Waals surface area contributed by atoms with Crippen LogP contribution in [0.25, 0.3) is 0 Å². The van der Waals surface area contributed by atoms with Gasteiger partial charge in [0.15, 0.2) is 11.4 Å². The Morgan fingerprint density at radius 2 is 1.77 bits per heavy atom. The van der Waals surface area contributed by atoms with E-state index in [4.69, 9.17) is 0 Å². The summed E-state index contributed by atoms with van der Waals surface area (Å²) in [6.07, 6.45) is -3.16. The summed E-state index contributed by atoms with van der Waals surface area (Å²) < 4.78 is 40.9. The fraction of sp³-hybridized carbons (Fsp3) is 0.222. The van der Waals surface area contributed by atoms with Crippen molar-refractivity contribution in [2.45, 2.75) is 19.6 Å². The fourth-order valence-electron chi connectivity index (χ4n) is 2.79.